The quantitative estimate of drug-likeness (QED) is 0.596. The molecule has 3 rings (SSSR count). The molecule has 0 saturated carbocycles. The van der Waals surface area contributed by atoms with Crippen LogP contribution in [0.1, 0.15) is 41.2 Å². The molecule has 3 N–H and O–H groups in total. The predicted molar refractivity (Wildman–Crippen MR) is 89.3 cm³/mol. The minimum atomic E-state index is -1.06. The van der Waals surface area contributed by atoms with Gasteiger partial charge in [-0.1, -0.05) is 29.8 Å². The Labute approximate surface area is 148 Å². The predicted octanol–water partition coefficient (Wildman–Crippen LogP) is 2.93. The zero-order chi connectivity index (χ0) is 17.8. The molecule has 25 heavy (non-hydrogen) atoms. The Bertz CT molecular complexity index is 847. The minimum absolute atomic E-state index is 0.0460. The Morgan fingerprint density at radius 1 is 1.36 bits per heavy atom. The molecule has 0 bridgehead atoms. The van der Waals surface area contributed by atoms with Gasteiger partial charge in [0.1, 0.15) is 18.2 Å². The van der Waals surface area contributed by atoms with Crippen LogP contribution in [0.4, 0.5) is 0 Å². The number of carboxylic acids is 1. The Balaban J connectivity index is 1.76. The molecule has 0 aliphatic carbocycles. The molecule has 0 fully saturated rings. The van der Waals surface area contributed by atoms with E-state index in [2.05, 4.69) is 15.2 Å². The fraction of sp³-hybridized carbons (Fsp3) is 0.235. The lowest BCUT2D eigenvalue weighted by Crippen LogP contribution is -2.15. The summed E-state index contributed by atoms with van der Waals surface area (Å²) in [5.41, 5.74) is 1.37. The van der Waals surface area contributed by atoms with Gasteiger partial charge in [0.15, 0.2) is 5.82 Å². The number of halogens is 1. The van der Waals surface area contributed by atoms with Crippen molar-refractivity contribution >= 4 is 17.6 Å². The second kappa shape index (κ2) is 7.50. The maximum absolute atomic E-state index is 11.6. The average Bonchev–Trinajstić information content (AvgIpc) is 3.26. The number of H-pyrrole nitrogens is 1. The number of hydrogen-bond acceptors (Lipinski definition) is 5. The van der Waals surface area contributed by atoms with Crippen molar-refractivity contribution < 1.29 is 19.4 Å². The molecular formula is C17H16ClN3O4. The SMILES string of the molecule is O=C(O)C(CC(O)c1ncn[nH]1)c1coc(Cc2ccccc2Cl)c1. The number of aliphatic hydroxyl groups excluding tert-OH is 1. The Morgan fingerprint density at radius 2 is 2.16 bits per heavy atom. The van der Waals surface area contributed by atoms with Crippen LogP contribution in [0.2, 0.25) is 5.02 Å². The van der Waals surface area contributed by atoms with Crippen molar-refractivity contribution in [1.82, 2.24) is 15.2 Å². The highest BCUT2D eigenvalue weighted by molar-refractivity contribution is 6.31. The van der Waals surface area contributed by atoms with Gasteiger partial charge in [0.25, 0.3) is 0 Å². The Morgan fingerprint density at radius 3 is 2.84 bits per heavy atom. The van der Waals surface area contributed by atoms with Crippen LogP contribution in [-0.4, -0.2) is 31.4 Å². The molecule has 2 unspecified atom stereocenters. The number of nitrogens with one attached hydrogen (secondary N) is 1. The third-order valence-electron chi connectivity index (χ3n) is 3.91. The molecule has 3 aromatic rings. The van der Waals surface area contributed by atoms with Crippen LogP contribution in [0.25, 0.3) is 0 Å². The monoisotopic (exact) mass is 361 g/mol. The van der Waals surface area contributed by atoms with E-state index in [1.54, 1.807) is 12.1 Å². The van der Waals surface area contributed by atoms with Crippen molar-refractivity contribution in [2.45, 2.75) is 24.9 Å². The molecule has 130 valence electrons. The third kappa shape index (κ3) is 4.07. The zero-order valence-corrected chi connectivity index (χ0v) is 13.8. The number of furan rings is 1. The van der Waals surface area contributed by atoms with Crippen molar-refractivity contribution in [3.8, 4) is 0 Å². The molecular weight excluding hydrogens is 346 g/mol. The van der Waals surface area contributed by atoms with Crippen molar-refractivity contribution in [1.29, 1.82) is 0 Å². The minimum Gasteiger partial charge on any atom is -0.481 e. The average molecular weight is 362 g/mol. The largest absolute Gasteiger partial charge is 0.481 e. The summed E-state index contributed by atoms with van der Waals surface area (Å²) in [4.78, 5) is 15.5. The van der Waals surface area contributed by atoms with Gasteiger partial charge in [0.2, 0.25) is 0 Å². The summed E-state index contributed by atoms with van der Waals surface area (Å²) in [6, 6.07) is 9.06. The summed E-state index contributed by atoms with van der Waals surface area (Å²) >= 11 is 6.13. The van der Waals surface area contributed by atoms with Gasteiger partial charge in [-0.2, -0.15) is 5.10 Å². The van der Waals surface area contributed by atoms with Crippen LogP contribution >= 0.6 is 11.6 Å². The molecule has 0 spiro atoms. The first kappa shape index (κ1) is 17.2. The number of aliphatic carboxylic acids is 1. The number of carbonyl (C=O) groups is 1. The van der Waals surface area contributed by atoms with E-state index >= 15 is 0 Å². The number of hydrogen-bond donors (Lipinski definition) is 3. The number of aromatic amines is 1. The number of aliphatic hydroxyl groups is 1. The molecule has 0 radical (unpaired) electrons. The molecule has 0 saturated heterocycles. The topological polar surface area (TPSA) is 112 Å². The lowest BCUT2D eigenvalue weighted by molar-refractivity contribution is -0.139. The second-order valence-corrected chi connectivity index (χ2v) is 6.03. The first-order valence-corrected chi connectivity index (χ1v) is 7.99. The molecule has 2 aromatic heterocycles. The molecule has 1 aromatic carbocycles. The molecule has 0 amide bonds. The van der Waals surface area contributed by atoms with E-state index in [0.29, 0.717) is 22.8 Å². The van der Waals surface area contributed by atoms with E-state index in [9.17, 15) is 15.0 Å². The van der Waals surface area contributed by atoms with Crippen LogP contribution in [0.15, 0.2) is 47.3 Å². The third-order valence-corrected chi connectivity index (χ3v) is 4.27. The molecule has 0 aliphatic heterocycles. The van der Waals surface area contributed by atoms with E-state index in [1.807, 2.05) is 18.2 Å². The van der Waals surface area contributed by atoms with Crippen LogP contribution in [0.5, 0.6) is 0 Å². The first-order chi connectivity index (χ1) is 12.0. The fourth-order valence-electron chi connectivity index (χ4n) is 2.59. The van der Waals surface area contributed by atoms with Gasteiger partial charge in [-0.3, -0.25) is 9.89 Å². The van der Waals surface area contributed by atoms with Gasteiger partial charge < -0.3 is 14.6 Å². The Hall–Kier alpha value is -2.64. The number of nitrogens with zero attached hydrogens (tertiary/aromatic N) is 2. The van der Waals surface area contributed by atoms with Crippen LogP contribution in [0, 0.1) is 0 Å². The van der Waals surface area contributed by atoms with Gasteiger partial charge in [-0.05, 0) is 24.1 Å². The standard InChI is InChI=1S/C17H16ClN3O4/c18-14-4-2-1-3-10(14)5-12-6-11(8-25-12)13(17(23)24)7-15(22)16-19-9-20-21-16/h1-4,6,8-9,13,15,22H,5,7H2,(H,23,24)(H,19,20,21). The summed E-state index contributed by atoms with van der Waals surface area (Å²) in [5.74, 6) is -1.15. The number of aromatic nitrogens is 3. The molecule has 8 heteroatoms. The summed E-state index contributed by atoms with van der Waals surface area (Å²) in [5, 5.41) is 26.4. The van der Waals surface area contributed by atoms with Gasteiger partial charge >= 0.3 is 5.97 Å². The van der Waals surface area contributed by atoms with Gasteiger partial charge in [0.05, 0.1) is 12.2 Å². The normalized spacial score (nSPS) is 13.5. The highest BCUT2D eigenvalue weighted by Crippen LogP contribution is 2.29. The summed E-state index contributed by atoms with van der Waals surface area (Å²) < 4.78 is 5.49. The number of carboxylic acid groups (broad SMARTS) is 1. The fourth-order valence-corrected chi connectivity index (χ4v) is 2.79. The van der Waals surface area contributed by atoms with E-state index in [-0.39, 0.29) is 12.2 Å². The zero-order valence-electron chi connectivity index (χ0n) is 13.1. The van der Waals surface area contributed by atoms with Crippen LogP contribution in [0.3, 0.4) is 0 Å². The van der Waals surface area contributed by atoms with Crippen LogP contribution in [-0.2, 0) is 11.2 Å². The molecule has 0 aliphatic rings. The molecule has 2 atom stereocenters. The smallest absolute Gasteiger partial charge is 0.311 e. The van der Waals surface area contributed by atoms with Gasteiger partial charge in [-0.15, -0.1) is 0 Å². The van der Waals surface area contributed by atoms with Crippen LogP contribution < -0.4 is 0 Å². The first-order valence-electron chi connectivity index (χ1n) is 7.61. The molecule has 7 nitrogen and oxygen atoms in total. The van der Waals surface area contributed by atoms with E-state index in [4.69, 9.17) is 16.0 Å². The van der Waals surface area contributed by atoms with Crippen molar-refractivity contribution in [3.05, 3.63) is 70.7 Å². The number of benzene rings is 1. The highest BCUT2D eigenvalue weighted by Gasteiger charge is 2.27. The van der Waals surface area contributed by atoms with E-state index in [1.165, 1.54) is 12.6 Å². The Kier molecular flexibility index (Phi) is 5.16. The lowest BCUT2D eigenvalue weighted by atomic mass is 9.94. The van der Waals surface area contributed by atoms with E-state index < -0.39 is 18.0 Å². The lowest BCUT2D eigenvalue weighted by Gasteiger charge is -2.13. The van der Waals surface area contributed by atoms with Crippen molar-refractivity contribution in [2.24, 2.45) is 0 Å². The maximum atomic E-state index is 11.6. The second-order valence-electron chi connectivity index (χ2n) is 5.63. The van der Waals surface area contributed by atoms with Gasteiger partial charge in [-0.25, -0.2) is 4.98 Å². The summed E-state index contributed by atoms with van der Waals surface area (Å²) in [6.07, 6.45) is 2.00. The maximum Gasteiger partial charge on any atom is 0.311 e. The summed E-state index contributed by atoms with van der Waals surface area (Å²) in [6.45, 7) is 0. The highest BCUT2D eigenvalue weighted by atomic mass is 35.5. The van der Waals surface area contributed by atoms with E-state index in [0.717, 1.165) is 5.56 Å². The van der Waals surface area contributed by atoms with Crippen molar-refractivity contribution in [2.75, 3.05) is 0 Å². The summed E-state index contributed by atoms with van der Waals surface area (Å²) in [7, 11) is 0. The number of rotatable bonds is 7. The van der Waals surface area contributed by atoms with Gasteiger partial charge in [0, 0.05) is 17.0 Å². The van der Waals surface area contributed by atoms with Crippen molar-refractivity contribution in [3.63, 3.8) is 0 Å². The molecule has 2 heterocycles.